The number of phenolic OH excluding ortho intramolecular Hbond substituents is 2. The van der Waals surface area contributed by atoms with Gasteiger partial charge in [-0.3, -0.25) is 13.9 Å². The third kappa shape index (κ3) is 6.70. The van der Waals surface area contributed by atoms with E-state index in [4.69, 9.17) is 29.0 Å². The smallest absolute Gasteiger partial charge is 0.394 e. The second-order valence-corrected chi connectivity index (χ2v) is 6.71. The minimum atomic E-state index is -4.67. The Morgan fingerprint density at radius 3 is 2.29 bits per heavy atom. The van der Waals surface area contributed by atoms with Gasteiger partial charge < -0.3 is 31.6 Å². The molecule has 1 aliphatic rings. The van der Waals surface area contributed by atoms with Gasteiger partial charge in [-0.15, -0.1) is 0 Å². The molecule has 28 heavy (non-hydrogen) atoms. The highest BCUT2D eigenvalue weighted by Crippen LogP contribution is 2.35. The lowest BCUT2D eigenvalue weighted by Gasteiger charge is -2.05. The quantitative estimate of drug-likeness (QED) is 0.246. The number of aliphatic imine (C=N–C) groups is 1. The molecule has 0 spiro atoms. The fourth-order valence-electron chi connectivity index (χ4n) is 2.36. The highest BCUT2D eigenvalue weighted by molar-refractivity contribution is 7.79. The lowest BCUT2D eigenvalue weighted by Crippen LogP contribution is -2.29. The summed E-state index contributed by atoms with van der Waals surface area (Å²) in [7, 11) is -2.94. The summed E-state index contributed by atoms with van der Waals surface area (Å²) in [6, 6.07) is 1.57. The van der Waals surface area contributed by atoms with Crippen LogP contribution in [0.2, 0.25) is 0 Å². The van der Waals surface area contributed by atoms with E-state index < -0.39 is 10.4 Å². The van der Waals surface area contributed by atoms with Gasteiger partial charge in [0.1, 0.15) is 6.54 Å². The van der Waals surface area contributed by atoms with Crippen molar-refractivity contribution in [3.05, 3.63) is 23.4 Å². The van der Waals surface area contributed by atoms with Gasteiger partial charge in [-0.2, -0.15) is 13.4 Å². The zero-order valence-corrected chi connectivity index (χ0v) is 16.1. The van der Waals surface area contributed by atoms with E-state index in [1.165, 1.54) is 0 Å². The molecule has 0 bridgehead atoms. The van der Waals surface area contributed by atoms with Crippen molar-refractivity contribution in [1.82, 2.24) is 9.88 Å². The van der Waals surface area contributed by atoms with Crippen LogP contribution in [0.3, 0.4) is 0 Å². The number of benzene rings is 1. The third-order valence-electron chi connectivity index (χ3n) is 3.68. The summed E-state index contributed by atoms with van der Waals surface area (Å²) >= 11 is 0. The zero-order valence-electron chi connectivity index (χ0n) is 15.2. The average molecular weight is 417 g/mol. The monoisotopic (exact) mass is 417 g/mol. The van der Waals surface area contributed by atoms with Crippen LogP contribution in [-0.4, -0.2) is 69.6 Å². The number of carbonyl (C=O) groups is 1. The SMILES string of the molecule is CN1CC(=O)N=C1N.Cc1c(O)c(O)cc2c(CCN)c[nH]c12.O=S(=O)(O)O. The Morgan fingerprint density at radius 1 is 1.32 bits per heavy atom. The first kappa shape index (κ1) is 23.2. The summed E-state index contributed by atoms with van der Waals surface area (Å²) < 4.78 is 31.6. The first-order chi connectivity index (χ1) is 12.8. The van der Waals surface area contributed by atoms with Crippen LogP contribution in [0.15, 0.2) is 17.3 Å². The molecule has 0 atom stereocenters. The first-order valence-electron chi connectivity index (χ1n) is 7.84. The number of aromatic hydroxyl groups is 2. The summed E-state index contributed by atoms with van der Waals surface area (Å²) in [6.07, 6.45) is 2.62. The summed E-state index contributed by atoms with van der Waals surface area (Å²) in [5, 5.41) is 20.0. The van der Waals surface area contributed by atoms with E-state index in [0.717, 1.165) is 22.9 Å². The van der Waals surface area contributed by atoms with Gasteiger partial charge in [0.2, 0.25) is 0 Å². The highest BCUT2D eigenvalue weighted by atomic mass is 32.3. The Kier molecular flexibility index (Phi) is 7.75. The maximum atomic E-state index is 10.4. The number of nitrogens with zero attached hydrogens (tertiary/aromatic N) is 2. The second-order valence-electron chi connectivity index (χ2n) is 5.81. The maximum absolute atomic E-state index is 10.4. The van der Waals surface area contributed by atoms with Crippen molar-refractivity contribution >= 4 is 33.2 Å². The molecule has 9 N–H and O–H groups in total. The minimum Gasteiger partial charge on any atom is -0.504 e. The van der Waals surface area contributed by atoms with E-state index in [9.17, 15) is 15.0 Å². The van der Waals surface area contributed by atoms with Crippen LogP contribution < -0.4 is 11.5 Å². The van der Waals surface area contributed by atoms with Crippen LogP contribution in [0.1, 0.15) is 11.1 Å². The van der Waals surface area contributed by atoms with E-state index in [-0.39, 0.29) is 17.4 Å². The number of aromatic amines is 1. The van der Waals surface area contributed by atoms with Crippen molar-refractivity contribution in [3.8, 4) is 11.5 Å². The number of phenols is 2. The summed E-state index contributed by atoms with van der Waals surface area (Å²) in [5.74, 6) is 0.00141. The molecule has 0 radical (unpaired) electrons. The number of amides is 1. The molecule has 0 saturated carbocycles. The molecule has 0 saturated heterocycles. The molecule has 12 nitrogen and oxygen atoms in total. The summed E-state index contributed by atoms with van der Waals surface area (Å²) in [5.41, 5.74) is 13.3. The number of aromatic nitrogens is 1. The van der Waals surface area contributed by atoms with Crippen LogP contribution in [0.5, 0.6) is 11.5 Å². The molecule has 2 aromatic rings. The van der Waals surface area contributed by atoms with E-state index in [2.05, 4.69) is 9.98 Å². The maximum Gasteiger partial charge on any atom is 0.394 e. The van der Waals surface area contributed by atoms with Gasteiger partial charge in [-0.25, -0.2) is 0 Å². The first-order valence-corrected chi connectivity index (χ1v) is 9.24. The van der Waals surface area contributed by atoms with Crippen LogP contribution in [0.25, 0.3) is 10.9 Å². The van der Waals surface area contributed by atoms with E-state index in [0.29, 0.717) is 24.6 Å². The molecule has 156 valence electrons. The molecular formula is C15H23N5O7S. The molecule has 0 fully saturated rings. The van der Waals surface area contributed by atoms with Gasteiger partial charge in [-0.1, -0.05) is 0 Å². The molecule has 2 heterocycles. The largest absolute Gasteiger partial charge is 0.504 e. The lowest BCUT2D eigenvalue weighted by atomic mass is 10.1. The number of nitrogens with two attached hydrogens (primary N) is 2. The van der Waals surface area contributed by atoms with Gasteiger partial charge in [0.25, 0.3) is 5.91 Å². The molecule has 1 amide bonds. The Labute approximate surface area is 161 Å². The van der Waals surface area contributed by atoms with Crippen molar-refractivity contribution in [2.24, 2.45) is 16.5 Å². The zero-order chi connectivity index (χ0) is 21.6. The van der Waals surface area contributed by atoms with Gasteiger partial charge in [0.05, 0.1) is 5.52 Å². The number of hydrogen-bond acceptors (Lipinski definition) is 8. The van der Waals surface area contributed by atoms with E-state index >= 15 is 0 Å². The summed E-state index contributed by atoms with van der Waals surface area (Å²) in [6.45, 7) is 2.65. The lowest BCUT2D eigenvalue weighted by molar-refractivity contribution is -0.116. The number of aryl methyl sites for hydroxylation is 1. The van der Waals surface area contributed by atoms with E-state index in [1.807, 2.05) is 6.20 Å². The second kappa shape index (κ2) is 9.36. The highest BCUT2D eigenvalue weighted by Gasteiger charge is 2.15. The number of carbonyl (C=O) groups excluding carboxylic acids is 1. The molecule has 0 unspecified atom stereocenters. The Balaban J connectivity index is 0.000000253. The van der Waals surface area contributed by atoms with E-state index in [1.54, 1.807) is 24.9 Å². The molecule has 1 aromatic heterocycles. The number of guanidine groups is 1. The minimum absolute atomic E-state index is 0.0661. The Hall–Kier alpha value is -2.87. The number of rotatable bonds is 2. The van der Waals surface area contributed by atoms with Crippen LogP contribution in [0.4, 0.5) is 0 Å². The molecular weight excluding hydrogens is 394 g/mol. The fraction of sp³-hybridized carbons (Fsp3) is 0.333. The fourth-order valence-corrected chi connectivity index (χ4v) is 2.36. The predicted octanol–water partition coefficient (Wildman–Crippen LogP) is -0.491. The number of H-pyrrole nitrogens is 1. The third-order valence-corrected chi connectivity index (χ3v) is 3.68. The number of fused-ring (bicyclic) bond motifs is 1. The van der Waals surface area contributed by atoms with Crippen molar-refractivity contribution in [2.45, 2.75) is 13.3 Å². The number of hydrogen-bond donors (Lipinski definition) is 7. The normalized spacial score (nSPS) is 13.5. The van der Waals surface area contributed by atoms with Crippen molar-refractivity contribution < 1.29 is 32.5 Å². The van der Waals surface area contributed by atoms with Gasteiger partial charge >= 0.3 is 10.4 Å². The topological polar surface area (TPSA) is 216 Å². The average Bonchev–Trinajstić information content (AvgIpc) is 3.07. The predicted molar refractivity (Wildman–Crippen MR) is 103 cm³/mol. The molecule has 1 aromatic carbocycles. The van der Waals surface area contributed by atoms with Gasteiger partial charge in [0.15, 0.2) is 17.5 Å². The van der Waals surface area contributed by atoms with Crippen LogP contribution in [-0.2, 0) is 21.6 Å². The molecule has 3 rings (SSSR count). The number of likely N-dealkylation sites (N-methyl/N-ethyl adjacent to an activating group) is 1. The Morgan fingerprint density at radius 2 is 1.89 bits per heavy atom. The Bertz CT molecular complexity index is 976. The van der Waals surface area contributed by atoms with Crippen molar-refractivity contribution in [3.63, 3.8) is 0 Å². The van der Waals surface area contributed by atoms with Gasteiger partial charge in [-0.05, 0) is 31.5 Å². The summed E-state index contributed by atoms with van der Waals surface area (Å²) in [4.78, 5) is 18.5. The standard InChI is InChI=1S/C11H14N2O2.C4H7N3O.H2O4S/c1-6-10-8(4-9(14)11(6)15)7(2-3-12)5-13-10;1-7-2-3(8)6-4(7)5;1-5(2,3)4/h4-5,13-15H,2-3,12H2,1H3;2H2,1H3,(H2,5,6,8);(H2,1,2,3,4). The van der Waals surface area contributed by atoms with Crippen molar-refractivity contribution in [2.75, 3.05) is 20.1 Å². The molecule has 1 aliphatic heterocycles. The number of nitrogens with one attached hydrogen (secondary N) is 1. The van der Waals surface area contributed by atoms with Crippen molar-refractivity contribution in [1.29, 1.82) is 0 Å². The van der Waals surface area contributed by atoms with Crippen LogP contribution >= 0.6 is 0 Å². The molecule has 0 aliphatic carbocycles. The molecule has 13 heteroatoms. The van der Waals surface area contributed by atoms with Crippen LogP contribution in [0, 0.1) is 6.92 Å². The van der Waals surface area contributed by atoms with Gasteiger partial charge in [0, 0.05) is 24.2 Å².